The highest BCUT2D eigenvalue weighted by atomic mass is 35.5. The van der Waals surface area contributed by atoms with Gasteiger partial charge in [-0.15, -0.1) is 0 Å². The predicted molar refractivity (Wildman–Crippen MR) is 86.8 cm³/mol. The number of likely N-dealkylation sites (tertiary alicyclic amines) is 1. The maximum atomic E-state index is 9.94. The number of halogens is 1. The Hall–Kier alpha value is -0.880. The molecule has 2 unspecified atom stereocenters. The van der Waals surface area contributed by atoms with Crippen LogP contribution in [0.1, 0.15) is 19.0 Å². The summed E-state index contributed by atoms with van der Waals surface area (Å²) < 4.78 is 0. The van der Waals surface area contributed by atoms with Gasteiger partial charge in [-0.3, -0.25) is 4.90 Å². The zero-order valence-corrected chi connectivity index (χ0v) is 13.8. The largest absolute Gasteiger partial charge is 0.392 e. The van der Waals surface area contributed by atoms with Crippen molar-refractivity contribution in [2.75, 3.05) is 39.0 Å². The standard InChI is InChI=1S/C15H25ClN4O/c1-4-17-15-6-5-13(16)14(18-15)10-20-9-12(21)7-11(20)8-19(2)3/h5-6,11-12,21H,4,7-10H2,1-3H3,(H,17,18). The molecule has 21 heavy (non-hydrogen) atoms. The van der Waals surface area contributed by atoms with Crippen molar-refractivity contribution in [1.29, 1.82) is 0 Å². The first kappa shape index (κ1) is 16.5. The molecule has 0 bridgehead atoms. The predicted octanol–water partition coefficient (Wildman–Crippen LogP) is 1.66. The second kappa shape index (κ2) is 7.40. The number of pyridine rings is 1. The van der Waals surface area contributed by atoms with Crippen LogP contribution in [0.15, 0.2) is 12.1 Å². The lowest BCUT2D eigenvalue weighted by molar-refractivity contribution is 0.168. The maximum Gasteiger partial charge on any atom is 0.126 e. The number of β-amino-alcohol motifs (C(OH)–C–C–N with tert-alkyl or cyclic N) is 1. The van der Waals surface area contributed by atoms with Crippen molar-refractivity contribution in [3.63, 3.8) is 0 Å². The molecule has 1 aromatic heterocycles. The smallest absolute Gasteiger partial charge is 0.126 e. The molecular formula is C15H25ClN4O. The van der Waals surface area contributed by atoms with Crippen LogP contribution in [0, 0.1) is 0 Å². The molecule has 0 spiro atoms. The highest BCUT2D eigenvalue weighted by Gasteiger charge is 2.31. The molecule has 2 rings (SSSR count). The van der Waals surface area contributed by atoms with Crippen LogP contribution in [0.2, 0.25) is 5.02 Å². The molecule has 2 heterocycles. The molecule has 1 fully saturated rings. The summed E-state index contributed by atoms with van der Waals surface area (Å²) in [5, 5.41) is 13.8. The highest BCUT2D eigenvalue weighted by molar-refractivity contribution is 6.31. The number of likely N-dealkylation sites (N-methyl/N-ethyl adjacent to an activating group) is 1. The molecule has 6 heteroatoms. The minimum atomic E-state index is -0.259. The summed E-state index contributed by atoms with van der Waals surface area (Å²) in [6, 6.07) is 4.12. The van der Waals surface area contributed by atoms with Crippen molar-refractivity contribution in [2.45, 2.75) is 32.0 Å². The van der Waals surface area contributed by atoms with Crippen molar-refractivity contribution in [3.05, 3.63) is 22.8 Å². The van der Waals surface area contributed by atoms with E-state index in [1.54, 1.807) is 0 Å². The van der Waals surface area contributed by atoms with Crippen LogP contribution < -0.4 is 5.32 Å². The number of hydrogen-bond donors (Lipinski definition) is 2. The first-order chi connectivity index (χ1) is 9.99. The van der Waals surface area contributed by atoms with Gasteiger partial charge in [0.1, 0.15) is 5.82 Å². The zero-order valence-electron chi connectivity index (χ0n) is 13.0. The summed E-state index contributed by atoms with van der Waals surface area (Å²) in [7, 11) is 4.11. The molecule has 0 aromatic carbocycles. The summed E-state index contributed by atoms with van der Waals surface area (Å²) in [6.07, 6.45) is 0.550. The normalized spacial score (nSPS) is 23.0. The fourth-order valence-corrected chi connectivity index (χ4v) is 2.99. The van der Waals surface area contributed by atoms with E-state index in [9.17, 15) is 5.11 Å². The van der Waals surface area contributed by atoms with Crippen LogP contribution in [0.3, 0.4) is 0 Å². The lowest BCUT2D eigenvalue weighted by atomic mass is 10.2. The van der Waals surface area contributed by atoms with Gasteiger partial charge in [-0.1, -0.05) is 11.6 Å². The molecule has 1 saturated heterocycles. The lowest BCUT2D eigenvalue weighted by Crippen LogP contribution is -2.37. The summed E-state index contributed by atoms with van der Waals surface area (Å²) in [5.41, 5.74) is 0.868. The molecule has 0 radical (unpaired) electrons. The number of aromatic nitrogens is 1. The number of hydrogen-bond acceptors (Lipinski definition) is 5. The van der Waals surface area contributed by atoms with Gasteiger partial charge in [0, 0.05) is 32.2 Å². The van der Waals surface area contributed by atoms with E-state index in [4.69, 9.17) is 11.6 Å². The Morgan fingerprint density at radius 1 is 1.48 bits per heavy atom. The van der Waals surface area contributed by atoms with E-state index in [2.05, 4.69) is 34.2 Å². The molecule has 0 aliphatic carbocycles. The van der Waals surface area contributed by atoms with Gasteiger partial charge in [-0.25, -0.2) is 4.98 Å². The third kappa shape index (κ3) is 4.54. The van der Waals surface area contributed by atoms with Crippen LogP contribution in [-0.4, -0.2) is 65.8 Å². The van der Waals surface area contributed by atoms with E-state index in [1.165, 1.54) is 0 Å². The number of nitrogens with one attached hydrogen (secondary N) is 1. The lowest BCUT2D eigenvalue weighted by Gasteiger charge is -2.26. The van der Waals surface area contributed by atoms with Crippen molar-refractivity contribution in [3.8, 4) is 0 Å². The van der Waals surface area contributed by atoms with Gasteiger partial charge in [0.15, 0.2) is 0 Å². The van der Waals surface area contributed by atoms with Crippen molar-refractivity contribution < 1.29 is 5.11 Å². The van der Waals surface area contributed by atoms with Crippen molar-refractivity contribution >= 4 is 17.4 Å². The number of aliphatic hydroxyl groups excluding tert-OH is 1. The summed E-state index contributed by atoms with van der Waals surface area (Å²) >= 11 is 6.27. The van der Waals surface area contributed by atoms with Crippen molar-refractivity contribution in [1.82, 2.24) is 14.8 Å². The summed E-state index contributed by atoms with van der Waals surface area (Å²) in [6.45, 7) is 5.16. The molecule has 1 aromatic rings. The Bertz CT molecular complexity index is 469. The highest BCUT2D eigenvalue weighted by Crippen LogP contribution is 2.24. The van der Waals surface area contributed by atoms with Gasteiger partial charge in [0.05, 0.1) is 16.8 Å². The van der Waals surface area contributed by atoms with Crippen LogP contribution in [0.4, 0.5) is 5.82 Å². The number of aliphatic hydroxyl groups is 1. The Morgan fingerprint density at radius 2 is 2.24 bits per heavy atom. The molecule has 0 amide bonds. The fourth-order valence-electron chi connectivity index (χ4n) is 2.83. The zero-order chi connectivity index (χ0) is 15.4. The molecule has 0 saturated carbocycles. The van der Waals surface area contributed by atoms with E-state index in [0.29, 0.717) is 24.2 Å². The van der Waals surface area contributed by atoms with Gasteiger partial charge < -0.3 is 15.3 Å². The molecule has 2 N–H and O–H groups in total. The third-order valence-corrected chi connectivity index (χ3v) is 4.06. The number of nitrogens with zero attached hydrogens (tertiary/aromatic N) is 3. The van der Waals surface area contributed by atoms with Crippen molar-refractivity contribution in [2.24, 2.45) is 0 Å². The number of rotatable bonds is 6. The SMILES string of the molecule is CCNc1ccc(Cl)c(CN2CC(O)CC2CN(C)C)n1. The van der Waals surface area contributed by atoms with Crippen LogP contribution >= 0.6 is 11.6 Å². The van der Waals surface area contributed by atoms with E-state index < -0.39 is 0 Å². The first-order valence-electron chi connectivity index (χ1n) is 7.45. The number of anilines is 1. The van der Waals surface area contributed by atoms with Gasteiger partial charge >= 0.3 is 0 Å². The van der Waals surface area contributed by atoms with E-state index >= 15 is 0 Å². The van der Waals surface area contributed by atoms with Gasteiger partial charge in [0.25, 0.3) is 0 Å². The molecule has 118 valence electrons. The monoisotopic (exact) mass is 312 g/mol. The Morgan fingerprint density at radius 3 is 2.90 bits per heavy atom. The van der Waals surface area contributed by atoms with Gasteiger partial charge in [-0.2, -0.15) is 0 Å². The minimum absolute atomic E-state index is 0.259. The third-order valence-electron chi connectivity index (χ3n) is 3.71. The fraction of sp³-hybridized carbons (Fsp3) is 0.667. The molecule has 1 aliphatic rings. The van der Waals surface area contributed by atoms with Crippen LogP contribution in [-0.2, 0) is 6.54 Å². The Balaban J connectivity index is 2.10. The molecule has 2 atom stereocenters. The molecular weight excluding hydrogens is 288 g/mol. The topological polar surface area (TPSA) is 51.6 Å². The minimum Gasteiger partial charge on any atom is -0.392 e. The molecule has 1 aliphatic heterocycles. The van der Waals surface area contributed by atoms with E-state index in [0.717, 1.165) is 31.0 Å². The molecule has 5 nitrogen and oxygen atoms in total. The summed E-state index contributed by atoms with van der Waals surface area (Å²) in [4.78, 5) is 9.01. The van der Waals surface area contributed by atoms with Gasteiger partial charge in [-0.05, 0) is 39.6 Å². The second-order valence-corrected chi connectivity index (χ2v) is 6.30. The van der Waals surface area contributed by atoms with Gasteiger partial charge in [0.2, 0.25) is 0 Å². The second-order valence-electron chi connectivity index (χ2n) is 5.89. The van der Waals surface area contributed by atoms with E-state index in [-0.39, 0.29) is 6.10 Å². The first-order valence-corrected chi connectivity index (χ1v) is 7.83. The Kier molecular flexibility index (Phi) is 5.81. The summed E-state index contributed by atoms with van der Waals surface area (Å²) in [5.74, 6) is 0.848. The average molecular weight is 313 g/mol. The average Bonchev–Trinajstić information content (AvgIpc) is 2.73. The quantitative estimate of drug-likeness (QED) is 0.837. The van der Waals surface area contributed by atoms with Crippen LogP contribution in [0.25, 0.3) is 0 Å². The van der Waals surface area contributed by atoms with E-state index in [1.807, 2.05) is 19.1 Å². The van der Waals surface area contributed by atoms with Crippen LogP contribution in [0.5, 0.6) is 0 Å². The maximum absolute atomic E-state index is 9.94. The Labute approximate surface area is 131 Å².